The van der Waals surface area contributed by atoms with Gasteiger partial charge in [-0.25, -0.2) is 4.79 Å². The average Bonchev–Trinajstić information content (AvgIpc) is 2.61. The summed E-state index contributed by atoms with van der Waals surface area (Å²) >= 11 is 0. The number of hydrogen-bond acceptors (Lipinski definition) is 4. The molecule has 2 rings (SSSR count). The van der Waals surface area contributed by atoms with Gasteiger partial charge in [-0.15, -0.1) is 0 Å². The second-order valence-electron chi connectivity index (χ2n) is 5.31. The number of carbonyl (C=O) groups excluding carboxylic acids is 3. The van der Waals surface area contributed by atoms with Crippen LogP contribution < -0.4 is 10.6 Å². The first kappa shape index (κ1) is 18.2. The first-order valence-electron chi connectivity index (χ1n) is 7.96. The van der Waals surface area contributed by atoms with Gasteiger partial charge in [0.25, 0.3) is 5.91 Å². The van der Waals surface area contributed by atoms with Crippen LogP contribution in [0.4, 0.5) is 4.79 Å². The van der Waals surface area contributed by atoms with Crippen LogP contribution in [-0.2, 0) is 20.7 Å². The number of rotatable bonds is 6. The van der Waals surface area contributed by atoms with Crippen LogP contribution in [0.5, 0.6) is 0 Å². The van der Waals surface area contributed by atoms with Gasteiger partial charge in [0.15, 0.2) is 6.61 Å². The van der Waals surface area contributed by atoms with E-state index < -0.39 is 24.5 Å². The van der Waals surface area contributed by atoms with Gasteiger partial charge < -0.3 is 10.1 Å². The smallest absolute Gasteiger partial charge is 0.321 e. The number of esters is 1. The van der Waals surface area contributed by atoms with Crippen molar-refractivity contribution in [3.63, 3.8) is 0 Å². The second kappa shape index (κ2) is 9.22. The van der Waals surface area contributed by atoms with Gasteiger partial charge in [-0.1, -0.05) is 54.6 Å². The summed E-state index contributed by atoms with van der Waals surface area (Å²) in [6.07, 6.45) is 0.0590. The summed E-state index contributed by atoms with van der Waals surface area (Å²) in [6.45, 7) is 1.64. The maximum atomic E-state index is 11.8. The minimum atomic E-state index is -0.668. The number of amides is 3. The van der Waals surface area contributed by atoms with E-state index >= 15 is 0 Å². The summed E-state index contributed by atoms with van der Waals surface area (Å²) in [4.78, 5) is 34.4. The number of ether oxygens (including phenoxy) is 1. The zero-order valence-corrected chi connectivity index (χ0v) is 14.0. The van der Waals surface area contributed by atoms with Gasteiger partial charge in [0.2, 0.25) is 0 Å². The Hall–Kier alpha value is -3.15. The fraction of sp³-hybridized carbons (Fsp3) is 0.211. The van der Waals surface area contributed by atoms with E-state index in [0.29, 0.717) is 6.54 Å². The molecule has 0 fully saturated rings. The van der Waals surface area contributed by atoms with E-state index in [-0.39, 0.29) is 6.42 Å². The lowest BCUT2D eigenvalue weighted by atomic mass is 10.0. The van der Waals surface area contributed by atoms with Crippen LogP contribution in [0.2, 0.25) is 0 Å². The minimum Gasteiger partial charge on any atom is -0.455 e. The highest BCUT2D eigenvalue weighted by Crippen LogP contribution is 2.19. The highest BCUT2D eigenvalue weighted by Gasteiger charge is 2.11. The van der Waals surface area contributed by atoms with Crippen LogP contribution in [0.1, 0.15) is 12.5 Å². The largest absolute Gasteiger partial charge is 0.455 e. The van der Waals surface area contributed by atoms with E-state index in [1.54, 1.807) is 6.92 Å². The quantitative estimate of drug-likeness (QED) is 0.790. The van der Waals surface area contributed by atoms with Gasteiger partial charge in [-0.05, 0) is 23.6 Å². The molecule has 0 aliphatic carbocycles. The van der Waals surface area contributed by atoms with Crippen molar-refractivity contribution in [3.05, 3.63) is 60.2 Å². The highest BCUT2D eigenvalue weighted by atomic mass is 16.5. The molecular weight excluding hydrogens is 320 g/mol. The third kappa shape index (κ3) is 6.10. The van der Waals surface area contributed by atoms with E-state index in [9.17, 15) is 14.4 Å². The van der Waals surface area contributed by atoms with Crippen molar-refractivity contribution < 1.29 is 19.1 Å². The summed E-state index contributed by atoms with van der Waals surface area (Å²) in [5.74, 6) is -1.20. The van der Waals surface area contributed by atoms with Crippen LogP contribution in [-0.4, -0.2) is 31.1 Å². The van der Waals surface area contributed by atoms with Crippen LogP contribution >= 0.6 is 0 Å². The van der Waals surface area contributed by atoms with Gasteiger partial charge in [0.05, 0.1) is 6.42 Å². The molecule has 2 N–H and O–H groups in total. The Morgan fingerprint density at radius 1 is 0.920 bits per heavy atom. The number of nitrogens with one attached hydrogen (secondary N) is 2. The van der Waals surface area contributed by atoms with Crippen molar-refractivity contribution >= 4 is 17.9 Å². The number of urea groups is 1. The van der Waals surface area contributed by atoms with Crippen molar-refractivity contribution in [1.29, 1.82) is 0 Å². The fourth-order valence-electron chi connectivity index (χ4n) is 2.18. The molecular formula is C19H20N2O4. The van der Waals surface area contributed by atoms with Gasteiger partial charge in [0.1, 0.15) is 0 Å². The lowest BCUT2D eigenvalue weighted by Gasteiger charge is -2.07. The molecule has 0 bridgehead atoms. The van der Waals surface area contributed by atoms with Crippen LogP contribution in [0, 0.1) is 0 Å². The van der Waals surface area contributed by atoms with Crippen molar-refractivity contribution in [2.45, 2.75) is 13.3 Å². The Kier molecular flexibility index (Phi) is 6.71. The number of hydrogen-bond donors (Lipinski definition) is 2. The number of imide groups is 1. The third-order valence-corrected chi connectivity index (χ3v) is 3.36. The molecule has 6 heteroatoms. The predicted molar refractivity (Wildman–Crippen MR) is 93.8 cm³/mol. The molecule has 0 heterocycles. The Morgan fingerprint density at radius 3 is 2.20 bits per heavy atom. The highest BCUT2D eigenvalue weighted by molar-refractivity contribution is 5.95. The first-order chi connectivity index (χ1) is 12.1. The lowest BCUT2D eigenvalue weighted by Crippen LogP contribution is -2.41. The fourth-order valence-corrected chi connectivity index (χ4v) is 2.18. The molecule has 0 atom stereocenters. The maximum absolute atomic E-state index is 11.8. The summed E-state index contributed by atoms with van der Waals surface area (Å²) in [6, 6.07) is 16.8. The summed E-state index contributed by atoms with van der Waals surface area (Å²) in [5, 5.41) is 4.47. The van der Waals surface area contributed by atoms with Crippen LogP contribution in [0.15, 0.2) is 54.6 Å². The van der Waals surface area contributed by atoms with Gasteiger partial charge in [-0.3, -0.25) is 14.9 Å². The Labute approximate surface area is 146 Å². The molecule has 0 radical (unpaired) electrons. The normalized spacial score (nSPS) is 9.96. The van der Waals surface area contributed by atoms with E-state index in [0.717, 1.165) is 16.7 Å². The topological polar surface area (TPSA) is 84.5 Å². The third-order valence-electron chi connectivity index (χ3n) is 3.36. The standard InChI is InChI=1S/C19H20N2O4/c1-2-20-19(24)21-17(22)13-25-18(23)12-14-8-10-16(11-9-14)15-6-4-3-5-7-15/h3-11H,2,12-13H2,1H3,(H2,20,21,22,24). The zero-order valence-electron chi connectivity index (χ0n) is 14.0. The molecule has 25 heavy (non-hydrogen) atoms. The maximum Gasteiger partial charge on any atom is 0.321 e. The van der Waals surface area contributed by atoms with E-state index in [1.165, 1.54) is 0 Å². The van der Waals surface area contributed by atoms with E-state index in [1.807, 2.05) is 54.6 Å². The Morgan fingerprint density at radius 2 is 1.56 bits per heavy atom. The Bertz CT molecular complexity index is 727. The lowest BCUT2D eigenvalue weighted by molar-refractivity contribution is -0.147. The molecule has 2 aromatic carbocycles. The van der Waals surface area contributed by atoms with Gasteiger partial charge in [-0.2, -0.15) is 0 Å². The number of carbonyl (C=O) groups is 3. The van der Waals surface area contributed by atoms with Crippen LogP contribution in [0.3, 0.4) is 0 Å². The molecule has 0 saturated heterocycles. The molecule has 2 aromatic rings. The average molecular weight is 340 g/mol. The molecule has 6 nitrogen and oxygen atoms in total. The SMILES string of the molecule is CCNC(=O)NC(=O)COC(=O)Cc1ccc(-c2ccccc2)cc1. The molecule has 0 spiro atoms. The first-order valence-corrected chi connectivity index (χ1v) is 7.96. The predicted octanol–water partition coefficient (Wildman–Crippen LogP) is 2.29. The van der Waals surface area contributed by atoms with Crippen molar-refractivity contribution in [3.8, 4) is 11.1 Å². The van der Waals surface area contributed by atoms with Crippen molar-refractivity contribution in [1.82, 2.24) is 10.6 Å². The zero-order chi connectivity index (χ0) is 18.1. The monoisotopic (exact) mass is 340 g/mol. The summed E-state index contributed by atoms with van der Waals surface area (Å²) in [7, 11) is 0. The van der Waals surface area contributed by atoms with Gasteiger partial charge in [0, 0.05) is 6.54 Å². The van der Waals surface area contributed by atoms with Gasteiger partial charge >= 0.3 is 12.0 Å². The minimum absolute atomic E-state index is 0.0590. The Balaban J connectivity index is 1.81. The molecule has 0 unspecified atom stereocenters. The second-order valence-corrected chi connectivity index (χ2v) is 5.31. The van der Waals surface area contributed by atoms with E-state index in [2.05, 4.69) is 10.6 Å². The van der Waals surface area contributed by atoms with Crippen molar-refractivity contribution in [2.75, 3.05) is 13.2 Å². The summed E-state index contributed by atoms with van der Waals surface area (Å²) < 4.78 is 4.87. The molecule has 0 aliphatic rings. The summed E-state index contributed by atoms with van der Waals surface area (Å²) in [5.41, 5.74) is 2.94. The molecule has 0 aliphatic heterocycles. The molecule has 130 valence electrons. The molecule has 0 saturated carbocycles. The van der Waals surface area contributed by atoms with Crippen molar-refractivity contribution in [2.24, 2.45) is 0 Å². The number of benzene rings is 2. The van der Waals surface area contributed by atoms with E-state index in [4.69, 9.17) is 4.74 Å². The molecule has 0 aromatic heterocycles. The molecule has 3 amide bonds. The van der Waals surface area contributed by atoms with Crippen LogP contribution in [0.25, 0.3) is 11.1 Å².